The number of thiazole rings is 1. The van der Waals surface area contributed by atoms with Gasteiger partial charge in [0.2, 0.25) is 0 Å². The number of pyridine rings is 1. The van der Waals surface area contributed by atoms with Crippen LogP contribution in [-0.4, -0.2) is 29.5 Å². The quantitative estimate of drug-likeness (QED) is 0.241. The third-order valence-corrected chi connectivity index (χ3v) is 7.03. The zero-order valence-electron chi connectivity index (χ0n) is 20.0. The van der Waals surface area contributed by atoms with Crippen molar-refractivity contribution in [1.82, 2.24) is 15.3 Å². The van der Waals surface area contributed by atoms with Crippen molar-refractivity contribution >= 4 is 44.0 Å². The summed E-state index contributed by atoms with van der Waals surface area (Å²) < 4.78 is 63.3. The van der Waals surface area contributed by atoms with E-state index in [9.17, 15) is 17.6 Å². The minimum atomic E-state index is -4.87. The molecule has 38 heavy (non-hydrogen) atoms. The summed E-state index contributed by atoms with van der Waals surface area (Å²) in [6, 6.07) is 9.39. The normalized spacial score (nSPS) is 13.5. The van der Waals surface area contributed by atoms with Gasteiger partial charge in [-0.15, -0.1) is 13.2 Å². The number of hydrogen-bond acceptors (Lipinski definition) is 7. The first-order chi connectivity index (χ1) is 18.1. The minimum Gasteiger partial charge on any atom is -0.491 e. The molecule has 0 aliphatic carbocycles. The highest BCUT2D eigenvalue weighted by atomic mass is 35.5. The fourth-order valence-electron chi connectivity index (χ4n) is 4.29. The first kappa shape index (κ1) is 26.1. The number of halogens is 5. The molecule has 0 spiro atoms. The summed E-state index contributed by atoms with van der Waals surface area (Å²) in [5.41, 5.74) is 9.91. The van der Waals surface area contributed by atoms with Crippen LogP contribution in [0.15, 0.2) is 42.5 Å². The fourth-order valence-corrected chi connectivity index (χ4v) is 5.26. The van der Waals surface area contributed by atoms with Crippen LogP contribution in [0.5, 0.6) is 11.5 Å². The number of allylic oxidation sites excluding steroid dienone is 1. The molecule has 4 aromatic rings. The second kappa shape index (κ2) is 10.3. The van der Waals surface area contributed by atoms with Gasteiger partial charge in [-0.2, -0.15) is 0 Å². The molecular weight excluding hydrogens is 544 g/mol. The molecule has 3 N–H and O–H groups in total. The van der Waals surface area contributed by atoms with E-state index in [0.29, 0.717) is 52.5 Å². The van der Waals surface area contributed by atoms with Gasteiger partial charge in [-0.05, 0) is 43.3 Å². The highest BCUT2D eigenvalue weighted by molar-refractivity contribution is 7.22. The maximum atomic E-state index is 13.7. The number of alkyl halides is 3. The van der Waals surface area contributed by atoms with E-state index in [4.69, 9.17) is 27.1 Å². The van der Waals surface area contributed by atoms with E-state index in [-0.39, 0.29) is 15.7 Å². The highest BCUT2D eigenvalue weighted by Crippen LogP contribution is 2.38. The molecule has 0 unspecified atom stereocenters. The van der Waals surface area contributed by atoms with E-state index < -0.39 is 17.9 Å². The van der Waals surface area contributed by atoms with Gasteiger partial charge in [0.25, 0.3) is 0 Å². The van der Waals surface area contributed by atoms with Crippen LogP contribution in [0.25, 0.3) is 27.2 Å². The maximum Gasteiger partial charge on any atom is 0.573 e. The molecule has 0 atom stereocenters. The van der Waals surface area contributed by atoms with Crippen molar-refractivity contribution in [3.8, 4) is 22.8 Å². The first-order valence-corrected chi connectivity index (χ1v) is 12.8. The topological polar surface area (TPSA) is 82.3 Å². The second-order valence-corrected chi connectivity index (χ2v) is 9.95. The zero-order chi connectivity index (χ0) is 27.0. The standard InChI is InChI=1S/C26H21ClF4N4O2S/c1-2-19(15-11-20(37-26(29,30)31)23-21(12-15)38-25(32)35-23)33-7-5-16-9-14-6-8-36-24(14)22(34-16)13-3-4-18(28)17(27)10-13/h2-4,9-12,33H,5-8H2,1H3,(H2,32,35)/b19-2-. The molecule has 2 aromatic carbocycles. The Labute approximate surface area is 224 Å². The van der Waals surface area contributed by atoms with Crippen LogP contribution in [0.4, 0.5) is 22.7 Å². The summed E-state index contributed by atoms with van der Waals surface area (Å²) in [6.07, 6.45) is -1.88. The van der Waals surface area contributed by atoms with Crippen molar-refractivity contribution in [3.05, 3.63) is 70.1 Å². The Morgan fingerprint density at radius 3 is 2.79 bits per heavy atom. The van der Waals surface area contributed by atoms with Crippen LogP contribution < -0.4 is 20.5 Å². The van der Waals surface area contributed by atoms with Gasteiger partial charge in [-0.3, -0.25) is 0 Å². The summed E-state index contributed by atoms with van der Waals surface area (Å²) in [5, 5.41) is 3.41. The maximum absolute atomic E-state index is 13.7. The van der Waals surface area contributed by atoms with E-state index in [1.54, 1.807) is 25.1 Å². The largest absolute Gasteiger partial charge is 0.573 e. The molecule has 5 rings (SSSR count). The third-order valence-electron chi connectivity index (χ3n) is 5.91. The summed E-state index contributed by atoms with van der Waals surface area (Å²) in [5.74, 6) is -0.273. The molecule has 2 aromatic heterocycles. The summed E-state index contributed by atoms with van der Waals surface area (Å²) in [6.45, 7) is 2.74. The lowest BCUT2D eigenvalue weighted by molar-refractivity contribution is -0.274. The molecule has 198 valence electrons. The summed E-state index contributed by atoms with van der Waals surface area (Å²) in [4.78, 5) is 8.73. The lowest BCUT2D eigenvalue weighted by atomic mass is 10.0. The number of nitrogens with one attached hydrogen (secondary N) is 1. The molecule has 0 amide bonds. The average Bonchev–Trinajstić information content (AvgIpc) is 3.48. The number of fused-ring (bicyclic) bond motifs is 2. The van der Waals surface area contributed by atoms with Crippen molar-refractivity contribution in [2.45, 2.75) is 26.1 Å². The monoisotopic (exact) mass is 564 g/mol. The number of hydrogen-bond donors (Lipinski definition) is 2. The van der Waals surface area contributed by atoms with Crippen molar-refractivity contribution in [1.29, 1.82) is 0 Å². The van der Waals surface area contributed by atoms with E-state index >= 15 is 0 Å². The van der Waals surface area contributed by atoms with Gasteiger partial charge in [0, 0.05) is 47.5 Å². The van der Waals surface area contributed by atoms with Gasteiger partial charge in [0.05, 0.1) is 16.3 Å². The number of nitrogens with two attached hydrogens (primary N) is 1. The van der Waals surface area contributed by atoms with Crippen molar-refractivity contribution < 1.29 is 27.0 Å². The molecule has 0 saturated carbocycles. The highest BCUT2D eigenvalue weighted by Gasteiger charge is 2.33. The Balaban J connectivity index is 1.38. The Hall–Kier alpha value is -3.57. The number of benzene rings is 2. The van der Waals surface area contributed by atoms with Crippen LogP contribution in [-0.2, 0) is 12.8 Å². The molecule has 1 aliphatic rings. The van der Waals surface area contributed by atoms with Crippen molar-refractivity contribution in [2.75, 3.05) is 18.9 Å². The Kier molecular flexibility index (Phi) is 7.06. The van der Waals surface area contributed by atoms with E-state index in [0.717, 1.165) is 29.0 Å². The van der Waals surface area contributed by atoms with Crippen molar-refractivity contribution in [3.63, 3.8) is 0 Å². The number of nitrogens with zero attached hydrogens (tertiary/aromatic N) is 2. The van der Waals surface area contributed by atoms with E-state index in [1.807, 2.05) is 6.07 Å². The van der Waals surface area contributed by atoms with E-state index in [2.05, 4.69) is 15.0 Å². The Morgan fingerprint density at radius 2 is 2.05 bits per heavy atom. The zero-order valence-corrected chi connectivity index (χ0v) is 21.5. The average molecular weight is 565 g/mol. The smallest absolute Gasteiger partial charge is 0.491 e. The van der Waals surface area contributed by atoms with Crippen LogP contribution in [0.3, 0.4) is 0 Å². The number of aromatic nitrogens is 2. The van der Waals surface area contributed by atoms with Gasteiger partial charge in [0.1, 0.15) is 22.8 Å². The first-order valence-electron chi connectivity index (χ1n) is 11.6. The fraction of sp³-hybridized carbons (Fsp3) is 0.231. The lowest BCUT2D eigenvalue weighted by Gasteiger charge is -2.15. The number of ether oxygens (including phenoxy) is 2. The summed E-state index contributed by atoms with van der Waals surface area (Å²) in [7, 11) is 0. The predicted octanol–water partition coefficient (Wildman–Crippen LogP) is 6.76. The molecule has 12 heteroatoms. The van der Waals surface area contributed by atoms with Crippen molar-refractivity contribution in [2.24, 2.45) is 0 Å². The number of nitrogen functional groups attached to an aromatic ring is 1. The Bertz CT molecular complexity index is 1550. The van der Waals surface area contributed by atoms with Crippen LogP contribution in [0, 0.1) is 5.82 Å². The van der Waals surface area contributed by atoms with Gasteiger partial charge in [-0.25, -0.2) is 14.4 Å². The summed E-state index contributed by atoms with van der Waals surface area (Å²) >= 11 is 7.07. The molecule has 0 saturated heterocycles. The minimum absolute atomic E-state index is 0.00520. The lowest BCUT2D eigenvalue weighted by Crippen LogP contribution is -2.19. The third kappa shape index (κ3) is 5.48. The van der Waals surface area contributed by atoms with Gasteiger partial charge in [0.15, 0.2) is 10.9 Å². The molecule has 0 radical (unpaired) electrons. The number of rotatable bonds is 7. The molecule has 1 aliphatic heterocycles. The molecule has 0 fully saturated rings. The number of anilines is 1. The van der Waals surface area contributed by atoms with Gasteiger partial charge < -0.3 is 20.5 Å². The Morgan fingerprint density at radius 1 is 1.24 bits per heavy atom. The molecule has 0 bridgehead atoms. The van der Waals surface area contributed by atoms with Gasteiger partial charge >= 0.3 is 6.36 Å². The van der Waals surface area contributed by atoms with Gasteiger partial charge in [-0.1, -0.05) is 29.0 Å². The van der Waals surface area contributed by atoms with Crippen LogP contribution >= 0.6 is 22.9 Å². The van der Waals surface area contributed by atoms with Crippen LogP contribution in [0.1, 0.15) is 23.7 Å². The second-order valence-electron chi connectivity index (χ2n) is 8.48. The predicted molar refractivity (Wildman–Crippen MR) is 140 cm³/mol. The SMILES string of the molecule is C/C=C(\NCCc1cc2c(c(-c3ccc(F)c(Cl)c3)n1)OCC2)c1cc(OC(F)(F)F)c2nc(N)sc2c1. The van der Waals surface area contributed by atoms with E-state index in [1.165, 1.54) is 18.2 Å². The molecule has 6 nitrogen and oxygen atoms in total. The molecular formula is C26H21ClF4N4O2S. The molecule has 3 heterocycles. The van der Waals surface area contributed by atoms with Crippen LogP contribution in [0.2, 0.25) is 5.02 Å².